The first-order valence-electron chi connectivity index (χ1n) is 12.7. The van der Waals surface area contributed by atoms with E-state index < -0.39 is 11.9 Å². The van der Waals surface area contributed by atoms with Gasteiger partial charge in [-0.2, -0.15) is 5.10 Å². The third-order valence-corrected chi connectivity index (χ3v) is 7.17. The number of hydrogen-bond donors (Lipinski definition) is 2. The number of aromatic nitrogens is 3. The van der Waals surface area contributed by atoms with E-state index in [9.17, 15) is 9.18 Å². The molecule has 5 rings (SSSR count). The van der Waals surface area contributed by atoms with Crippen LogP contribution in [0.4, 0.5) is 20.6 Å². The molecule has 202 valence electrons. The number of benzene rings is 2. The molecule has 2 aromatic carbocycles. The van der Waals surface area contributed by atoms with Crippen LogP contribution in [-0.4, -0.2) is 40.7 Å². The predicted octanol–water partition coefficient (Wildman–Crippen LogP) is 6.71. The van der Waals surface area contributed by atoms with Gasteiger partial charge in [0.05, 0.1) is 36.2 Å². The summed E-state index contributed by atoms with van der Waals surface area (Å²) < 4.78 is 27.3. The maximum absolute atomic E-state index is 14.8. The lowest BCUT2D eigenvalue weighted by Crippen LogP contribution is -2.25. The first kappa shape index (κ1) is 26.6. The topological polar surface area (TPSA) is 104 Å². The summed E-state index contributed by atoms with van der Waals surface area (Å²) in [5, 5.41) is 7.33. The number of nitrogen functional groups attached to an aromatic ring is 1. The van der Waals surface area contributed by atoms with E-state index in [4.69, 9.17) is 27.1 Å². The van der Waals surface area contributed by atoms with E-state index in [0.29, 0.717) is 23.4 Å². The Morgan fingerprint density at radius 1 is 1.15 bits per heavy atom. The maximum Gasteiger partial charge on any atom is 0.411 e. The minimum absolute atomic E-state index is 0.00813. The molecule has 0 aliphatic carbocycles. The van der Waals surface area contributed by atoms with Crippen molar-refractivity contribution in [3.8, 4) is 22.3 Å². The van der Waals surface area contributed by atoms with Crippen molar-refractivity contribution in [2.45, 2.75) is 37.8 Å². The maximum atomic E-state index is 14.8. The second-order valence-corrected chi connectivity index (χ2v) is 9.85. The Balaban J connectivity index is 1.43. The van der Waals surface area contributed by atoms with Crippen molar-refractivity contribution in [2.75, 3.05) is 24.8 Å². The summed E-state index contributed by atoms with van der Waals surface area (Å²) in [4.78, 5) is 16.2. The quantitative estimate of drug-likeness (QED) is 0.248. The number of carbonyl (C=O) groups is 1. The standard InChI is InChI=1S/C29H29ClFN5O3/c1-38-29(37)35-21-8-5-18(6-9-21)20-16-34-36(17-20)26(14-22-4-2-3-13-39-22)25-12-7-19(15-33-25)27-24(32)11-10-23(30)28(27)31/h5-12,15-17,22,26H,2-4,13-14,32H2,1H3,(H,35,37)/t22-,26?/m0/s1. The zero-order chi connectivity index (χ0) is 27.4. The van der Waals surface area contributed by atoms with Crippen LogP contribution >= 0.6 is 11.6 Å². The number of nitrogens with one attached hydrogen (secondary N) is 1. The second kappa shape index (κ2) is 11.8. The van der Waals surface area contributed by atoms with Gasteiger partial charge in [-0.15, -0.1) is 0 Å². The number of ether oxygens (including phenoxy) is 2. The van der Waals surface area contributed by atoms with Gasteiger partial charge in [-0.25, -0.2) is 9.18 Å². The minimum atomic E-state index is -0.567. The number of pyridine rings is 1. The van der Waals surface area contributed by atoms with E-state index in [1.165, 1.54) is 13.2 Å². The van der Waals surface area contributed by atoms with Crippen LogP contribution < -0.4 is 11.1 Å². The van der Waals surface area contributed by atoms with Gasteiger partial charge in [0.2, 0.25) is 0 Å². The largest absolute Gasteiger partial charge is 0.453 e. The molecule has 0 radical (unpaired) electrons. The lowest BCUT2D eigenvalue weighted by molar-refractivity contribution is 0.00434. The summed E-state index contributed by atoms with van der Waals surface area (Å²) in [5.74, 6) is -0.567. The zero-order valence-electron chi connectivity index (χ0n) is 21.4. The van der Waals surface area contributed by atoms with Crippen molar-refractivity contribution in [1.29, 1.82) is 0 Å². The van der Waals surface area contributed by atoms with E-state index in [0.717, 1.165) is 42.7 Å². The summed E-state index contributed by atoms with van der Waals surface area (Å²) >= 11 is 6.00. The van der Waals surface area contributed by atoms with Crippen LogP contribution in [0.1, 0.15) is 37.4 Å². The van der Waals surface area contributed by atoms with Gasteiger partial charge in [0.1, 0.15) is 0 Å². The van der Waals surface area contributed by atoms with Crippen molar-refractivity contribution in [3.63, 3.8) is 0 Å². The van der Waals surface area contributed by atoms with Crippen molar-refractivity contribution < 1.29 is 18.7 Å². The molecule has 39 heavy (non-hydrogen) atoms. The molecule has 8 nitrogen and oxygen atoms in total. The Hall–Kier alpha value is -3.95. The predicted molar refractivity (Wildman–Crippen MR) is 149 cm³/mol. The van der Waals surface area contributed by atoms with Crippen molar-refractivity contribution >= 4 is 29.1 Å². The van der Waals surface area contributed by atoms with Crippen molar-refractivity contribution in [3.05, 3.63) is 83.7 Å². The normalized spacial score (nSPS) is 16.0. The molecule has 1 aliphatic rings. The van der Waals surface area contributed by atoms with Gasteiger partial charge in [0, 0.05) is 53.5 Å². The average Bonchev–Trinajstić information content (AvgIpc) is 3.45. The van der Waals surface area contributed by atoms with Crippen LogP contribution in [0.2, 0.25) is 5.02 Å². The Labute approximate surface area is 230 Å². The number of rotatable bonds is 7. The Kier molecular flexibility index (Phi) is 8.09. The third kappa shape index (κ3) is 6.05. The number of nitrogens with two attached hydrogens (primary N) is 1. The SMILES string of the molecule is COC(=O)Nc1ccc(-c2cnn(C(C[C@@H]3CCCCO3)c3ccc(-c4c(N)ccc(Cl)c4F)cn3)c2)cc1. The fraction of sp³-hybridized carbons (Fsp3) is 0.276. The van der Waals surface area contributed by atoms with E-state index in [-0.39, 0.29) is 22.7 Å². The fourth-order valence-electron chi connectivity index (χ4n) is 4.79. The average molecular weight is 550 g/mol. The highest BCUT2D eigenvalue weighted by molar-refractivity contribution is 6.31. The fourth-order valence-corrected chi connectivity index (χ4v) is 4.95. The number of nitrogens with zero attached hydrogens (tertiary/aromatic N) is 3. The summed E-state index contributed by atoms with van der Waals surface area (Å²) in [6.45, 7) is 0.743. The molecule has 2 atom stereocenters. The number of amides is 1. The Morgan fingerprint density at radius 2 is 1.95 bits per heavy atom. The van der Waals surface area contributed by atoms with Crippen LogP contribution in [0.3, 0.4) is 0 Å². The molecule has 1 aliphatic heterocycles. The first-order chi connectivity index (χ1) is 18.9. The summed E-state index contributed by atoms with van der Waals surface area (Å²) in [6, 6.07) is 13.9. The van der Waals surface area contributed by atoms with Gasteiger partial charge in [0.25, 0.3) is 0 Å². The van der Waals surface area contributed by atoms with E-state index in [1.807, 2.05) is 29.1 Å². The van der Waals surface area contributed by atoms with Gasteiger partial charge in [-0.1, -0.05) is 29.8 Å². The van der Waals surface area contributed by atoms with Gasteiger partial charge in [-0.3, -0.25) is 15.0 Å². The number of anilines is 2. The number of hydrogen-bond acceptors (Lipinski definition) is 6. The van der Waals surface area contributed by atoms with Gasteiger partial charge in [0.15, 0.2) is 5.82 Å². The molecule has 2 aromatic heterocycles. The number of methoxy groups -OCH3 is 1. The summed E-state index contributed by atoms with van der Waals surface area (Å²) in [7, 11) is 1.32. The monoisotopic (exact) mass is 549 g/mol. The molecule has 4 aromatic rings. The van der Waals surface area contributed by atoms with Gasteiger partial charge < -0.3 is 15.2 Å². The number of halogens is 2. The molecule has 1 saturated heterocycles. The van der Waals surface area contributed by atoms with Crippen molar-refractivity contribution in [2.24, 2.45) is 0 Å². The highest BCUT2D eigenvalue weighted by Gasteiger charge is 2.25. The van der Waals surface area contributed by atoms with E-state index in [1.54, 1.807) is 36.7 Å². The third-order valence-electron chi connectivity index (χ3n) is 6.87. The highest BCUT2D eigenvalue weighted by Crippen LogP contribution is 2.34. The zero-order valence-corrected chi connectivity index (χ0v) is 22.2. The van der Waals surface area contributed by atoms with Gasteiger partial charge >= 0.3 is 6.09 Å². The lowest BCUT2D eigenvalue weighted by Gasteiger charge is -2.27. The molecule has 1 fully saturated rings. The first-order valence-corrected chi connectivity index (χ1v) is 13.1. The van der Waals surface area contributed by atoms with Crippen LogP contribution in [0.25, 0.3) is 22.3 Å². The lowest BCUT2D eigenvalue weighted by atomic mass is 9.98. The van der Waals surface area contributed by atoms with E-state index >= 15 is 0 Å². The van der Waals surface area contributed by atoms with Crippen LogP contribution in [0, 0.1) is 5.82 Å². The molecule has 1 unspecified atom stereocenters. The van der Waals surface area contributed by atoms with Crippen LogP contribution in [0.15, 0.2) is 67.1 Å². The summed E-state index contributed by atoms with van der Waals surface area (Å²) in [6.07, 6.45) is 8.80. The summed E-state index contributed by atoms with van der Waals surface area (Å²) in [5.41, 5.74) is 10.4. The number of carbonyl (C=O) groups excluding carboxylic acids is 1. The smallest absolute Gasteiger partial charge is 0.411 e. The minimum Gasteiger partial charge on any atom is -0.453 e. The molecule has 0 spiro atoms. The molecule has 1 amide bonds. The molecule has 3 heterocycles. The Bertz CT molecular complexity index is 1440. The van der Waals surface area contributed by atoms with Crippen LogP contribution in [0.5, 0.6) is 0 Å². The van der Waals surface area contributed by atoms with Gasteiger partial charge in [-0.05, 0) is 55.2 Å². The molecule has 0 saturated carbocycles. The van der Waals surface area contributed by atoms with E-state index in [2.05, 4.69) is 15.2 Å². The molecular weight excluding hydrogens is 521 g/mol. The van der Waals surface area contributed by atoms with Crippen molar-refractivity contribution in [1.82, 2.24) is 14.8 Å². The molecule has 10 heteroatoms. The van der Waals surface area contributed by atoms with Crippen LogP contribution in [-0.2, 0) is 9.47 Å². The Morgan fingerprint density at radius 3 is 2.64 bits per heavy atom. The molecule has 3 N–H and O–H groups in total. The second-order valence-electron chi connectivity index (χ2n) is 9.44. The highest BCUT2D eigenvalue weighted by atomic mass is 35.5. The molecular formula is C29H29ClFN5O3. The molecule has 0 bridgehead atoms.